The highest BCUT2D eigenvalue weighted by Crippen LogP contribution is 2.29. The van der Waals surface area contributed by atoms with E-state index in [4.69, 9.17) is 0 Å². The summed E-state index contributed by atoms with van der Waals surface area (Å²) in [5.41, 5.74) is 1.75. The summed E-state index contributed by atoms with van der Waals surface area (Å²) in [5.74, 6) is -0.419. The summed E-state index contributed by atoms with van der Waals surface area (Å²) in [6.07, 6.45) is 3.53. The fourth-order valence-corrected chi connectivity index (χ4v) is 3.41. The fourth-order valence-electron chi connectivity index (χ4n) is 3.41. The molecule has 3 aromatic rings. The van der Waals surface area contributed by atoms with Gasteiger partial charge in [-0.1, -0.05) is 18.2 Å². The predicted octanol–water partition coefficient (Wildman–Crippen LogP) is 3.32. The number of nitrogens with one attached hydrogen (secondary N) is 2. The van der Waals surface area contributed by atoms with Crippen LogP contribution in [0.4, 0.5) is 10.1 Å². The number of halogens is 1. The number of fused-ring (bicyclic) bond motifs is 1. The highest BCUT2D eigenvalue weighted by atomic mass is 19.1. The molecule has 1 fully saturated rings. The lowest BCUT2D eigenvalue weighted by Gasteiger charge is -2.19. The molecular weight excluding hydrogens is 317 g/mol. The van der Waals surface area contributed by atoms with Crippen LogP contribution in [0.3, 0.4) is 0 Å². The van der Waals surface area contributed by atoms with E-state index in [-0.39, 0.29) is 23.6 Å². The Labute approximate surface area is 145 Å². The van der Waals surface area contributed by atoms with Gasteiger partial charge in [-0.15, -0.1) is 0 Å². The molecule has 2 N–H and O–H groups in total. The number of rotatable bonds is 3. The molecule has 1 aromatic heterocycles. The lowest BCUT2D eigenvalue weighted by molar-refractivity contribution is -0.119. The maximum Gasteiger partial charge on any atom is 0.229 e. The molecule has 0 saturated carbocycles. The molecular formula is C20H18FN3O. The molecule has 2 heterocycles. The zero-order chi connectivity index (χ0) is 17.2. The molecule has 0 radical (unpaired) electrons. The third-order valence-electron chi connectivity index (χ3n) is 4.76. The van der Waals surface area contributed by atoms with Crippen molar-refractivity contribution in [3.8, 4) is 0 Å². The van der Waals surface area contributed by atoms with Crippen LogP contribution < -0.4 is 10.6 Å². The van der Waals surface area contributed by atoms with E-state index in [0.29, 0.717) is 13.1 Å². The van der Waals surface area contributed by atoms with Gasteiger partial charge in [-0.25, -0.2) is 4.39 Å². The van der Waals surface area contributed by atoms with Gasteiger partial charge in [0.05, 0.1) is 5.92 Å². The van der Waals surface area contributed by atoms with Crippen molar-refractivity contribution in [3.63, 3.8) is 0 Å². The number of anilines is 1. The maximum atomic E-state index is 13.1. The second-order valence-electron chi connectivity index (χ2n) is 6.35. The topological polar surface area (TPSA) is 54.0 Å². The minimum atomic E-state index is -0.263. The Kier molecular flexibility index (Phi) is 4.15. The Balaban J connectivity index is 1.53. The first-order valence-electron chi connectivity index (χ1n) is 8.31. The molecule has 126 valence electrons. The third-order valence-corrected chi connectivity index (χ3v) is 4.76. The molecule has 0 aliphatic carbocycles. The van der Waals surface area contributed by atoms with E-state index in [1.165, 1.54) is 12.1 Å². The minimum Gasteiger partial charge on any atom is -0.326 e. The second-order valence-corrected chi connectivity index (χ2v) is 6.35. The van der Waals surface area contributed by atoms with Gasteiger partial charge in [0.25, 0.3) is 0 Å². The third kappa shape index (κ3) is 3.23. The van der Waals surface area contributed by atoms with Gasteiger partial charge in [-0.2, -0.15) is 0 Å². The smallest absolute Gasteiger partial charge is 0.229 e. The van der Waals surface area contributed by atoms with E-state index in [1.54, 1.807) is 24.5 Å². The number of nitrogens with zero attached hydrogens (tertiary/aromatic N) is 1. The number of carbonyl (C=O) groups is 1. The van der Waals surface area contributed by atoms with Gasteiger partial charge < -0.3 is 10.6 Å². The summed E-state index contributed by atoms with van der Waals surface area (Å²) in [7, 11) is 0. The Hall–Kier alpha value is -2.79. The van der Waals surface area contributed by atoms with Gasteiger partial charge >= 0.3 is 0 Å². The zero-order valence-electron chi connectivity index (χ0n) is 13.6. The van der Waals surface area contributed by atoms with Gasteiger partial charge in [-0.05, 0) is 41.3 Å². The average molecular weight is 335 g/mol. The maximum absolute atomic E-state index is 13.1. The number of pyridine rings is 1. The molecule has 25 heavy (non-hydrogen) atoms. The summed E-state index contributed by atoms with van der Waals surface area (Å²) in [4.78, 5) is 16.9. The molecule has 1 aliphatic rings. The SMILES string of the molecule is O=C(Nc1ccc2cnccc2c1)[C@@H]1CNC[C@H]1c1ccc(F)cc1. The first-order valence-corrected chi connectivity index (χ1v) is 8.31. The van der Waals surface area contributed by atoms with E-state index in [1.807, 2.05) is 24.3 Å². The van der Waals surface area contributed by atoms with E-state index in [2.05, 4.69) is 15.6 Å². The number of amides is 1. The number of hydrogen-bond donors (Lipinski definition) is 2. The Morgan fingerprint density at radius 3 is 2.76 bits per heavy atom. The standard InChI is InChI=1S/C20H18FN3O/c21-16-4-1-13(2-5-16)18-11-23-12-19(18)20(25)24-17-6-3-15-10-22-8-7-14(15)9-17/h1-10,18-19,23H,11-12H2,(H,24,25)/t18-,19+/m0/s1. The predicted molar refractivity (Wildman–Crippen MR) is 95.9 cm³/mol. The number of carbonyl (C=O) groups excluding carboxylic acids is 1. The monoisotopic (exact) mass is 335 g/mol. The van der Waals surface area contributed by atoms with Gasteiger partial charge in [0.1, 0.15) is 5.82 Å². The molecule has 4 rings (SSSR count). The van der Waals surface area contributed by atoms with Crippen LogP contribution in [0.15, 0.2) is 60.9 Å². The quantitative estimate of drug-likeness (QED) is 0.772. The molecule has 1 amide bonds. The zero-order valence-corrected chi connectivity index (χ0v) is 13.6. The number of hydrogen-bond acceptors (Lipinski definition) is 3. The van der Waals surface area contributed by atoms with Crippen molar-refractivity contribution in [1.82, 2.24) is 10.3 Å². The van der Waals surface area contributed by atoms with Crippen molar-refractivity contribution in [3.05, 3.63) is 72.3 Å². The van der Waals surface area contributed by atoms with Crippen LogP contribution in [0, 0.1) is 11.7 Å². The van der Waals surface area contributed by atoms with Crippen molar-refractivity contribution in [2.75, 3.05) is 18.4 Å². The summed E-state index contributed by atoms with van der Waals surface area (Å²) >= 11 is 0. The Morgan fingerprint density at radius 2 is 1.92 bits per heavy atom. The highest BCUT2D eigenvalue weighted by Gasteiger charge is 2.34. The lowest BCUT2D eigenvalue weighted by Crippen LogP contribution is -2.28. The normalized spacial score (nSPS) is 19.9. The number of aromatic nitrogens is 1. The van der Waals surface area contributed by atoms with Crippen molar-refractivity contribution >= 4 is 22.4 Å². The van der Waals surface area contributed by atoms with Crippen LogP contribution in [-0.2, 0) is 4.79 Å². The van der Waals surface area contributed by atoms with Gasteiger partial charge in [-0.3, -0.25) is 9.78 Å². The summed E-state index contributed by atoms with van der Waals surface area (Å²) in [6, 6.07) is 14.1. The minimum absolute atomic E-state index is 0.0206. The second kappa shape index (κ2) is 6.61. The van der Waals surface area contributed by atoms with Crippen molar-refractivity contribution in [1.29, 1.82) is 0 Å². The van der Waals surface area contributed by atoms with Crippen LogP contribution in [0.1, 0.15) is 11.5 Å². The van der Waals surface area contributed by atoms with Gasteiger partial charge in [0.15, 0.2) is 0 Å². The first-order chi connectivity index (χ1) is 12.2. The average Bonchev–Trinajstić information content (AvgIpc) is 3.12. The van der Waals surface area contributed by atoms with Gasteiger partial charge in [0, 0.05) is 42.5 Å². The van der Waals surface area contributed by atoms with Crippen molar-refractivity contribution < 1.29 is 9.18 Å². The van der Waals surface area contributed by atoms with E-state index in [9.17, 15) is 9.18 Å². The van der Waals surface area contributed by atoms with E-state index < -0.39 is 0 Å². The molecule has 5 heteroatoms. The van der Waals surface area contributed by atoms with Gasteiger partial charge in [0.2, 0.25) is 5.91 Å². The largest absolute Gasteiger partial charge is 0.326 e. The van der Waals surface area contributed by atoms with E-state index >= 15 is 0 Å². The summed E-state index contributed by atoms with van der Waals surface area (Å²) in [6.45, 7) is 1.33. The molecule has 1 aliphatic heterocycles. The molecule has 0 bridgehead atoms. The Morgan fingerprint density at radius 1 is 1.08 bits per heavy atom. The van der Waals surface area contributed by atoms with Crippen LogP contribution in [-0.4, -0.2) is 24.0 Å². The molecule has 2 aromatic carbocycles. The summed E-state index contributed by atoms with van der Waals surface area (Å²) in [5, 5.41) is 8.35. The van der Waals surface area contributed by atoms with E-state index in [0.717, 1.165) is 22.0 Å². The summed E-state index contributed by atoms with van der Waals surface area (Å²) < 4.78 is 13.1. The molecule has 2 atom stereocenters. The van der Waals surface area contributed by atoms with Crippen LogP contribution in [0.25, 0.3) is 10.8 Å². The Bertz CT molecular complexity index is 910. The number of benzene rings is 2. The molecule has 1 saturated heterocycles. The lowest BCUT2D eigenvalue weighted by atomic mass is 9.88. The van der Waals surface area contributed by atoms with Crippen LogP contribution in [0.2, 0.25) is 0 Å². The first kappa shape index (κ1) is 15.7. The van der Waals surface area contributed by atoms with Crippen molar-refractivity contribution in [2.45, 2.75) is 5.92 Å². The van der Waals surface area contributed by atoms with Crippen LogP contribution >= 0.6 is 0 Å². The molecule has 0 spiro atoms. The molecule has 4 nitrogen and oxygen atoms in total. The van der Waals surface area contributed by atoms with Crippen molar-refractivity contribution in [2.24, 2.45) is 5.92 Å². The molecule has 0 unspecified atom stereocenters. The fraction of sp³-hybridized carbons (Fsp3) is 0.200. The highest BCUT2D eigenvalue weighted by molar-refractivity contribution is 5.96. The van der Waals surface area contributed by atoms with Crippen LogP contribution in [0.5, 0.6) is 0 Å².